The fourth-order valence-corrected chi connectivity index (χ4v) is 4.50. The molecule has 1 aromatic heterocycles. The van der Waals surface area contributed by atoms with Crippen LogP contribution in [-0.4, -0.2) is 52.4 Å². The molecule has 2 atom stereocenters. The second-order valence-corrected chi connectivity index (χ2v) is 7.75. The number of nitrogens with zero attached hydrogens (tertiary/aromatic N) is 4. The zero-order valence-corrected chi connectivity index (χ0v) is 15.9. The molecular formula is C21H28N4O. The van der Waals surface area contributed by atoms with Crippen molar-refractivity contribution < 1.29 is 5.11 Å². The van der Waals surface area contributed by atoms with Crippen LogP contribution in [0.15, 0.2) is 24.3 Å². The Morgan fingerprint density at radius 1 is 1.12 bits per heavy atom. The van der Waals surface area contributed by atoms with E-state index in [1.54, 1.807) is 6.07 Å². The summed E-state index contributed by atoms with van der Waals surface area (Å²) < 4.78 is 0. The number of aromatic nitrogens is 2. The lowest BCUT2D eigenvalue weighted by Crippen LogP contribution is -2.48. The molecule has 2 fully saturated rings. The number of hydrogen-bond acceptors (Lipinski definition) is 5. The van der Waals surface area contributed by atoms with Crippen molar-refractivity contribution in [1.29, 1.82) is 0 Å². The van der Waals surface area contributed by atoms with Gasteiger partial charge in [-0.2, -0.15) is 0 Å². The molecule has 138 valence electrons. The number of fused-ring (bicyclic) bond motifs is 1. The van der Waals surface area contributed by atoms with E-state index >= 15 is 0 Å². The third-order valence-corrected chi connectivity index (χ3v) is 6.07. The van der Waals surface area contributed by atoms with E-state index in [4.69, 9.17) is 0 Å². The predicted octanol–water partition coefficient (Wildman–Crippen LogP) is 3.39. The van der Waals surface area contributed by atoms with Gasteiger partial charge in [0.2, 0.25) is 0 Å². The maximum absolute atomic E-state index is 10.3. The first kappa shape index (κ1) is 17.3. The molecule has 2 aromatic rings. The van der Waals surface area contributed by atoms with Gasteiger partial charge in [0.25, 0.3) is 0 Å². The van der Waals surface area contributed by atoms with Crippen LogP contribution < -0.4 is 4.90 Å². The van der Waals surface area contributed by atoms with E-state index in [0.717, 1.165) is 53.8 Å². The molecule has 0 saturated carbocycles. The predicted molar refractivity (Wildman–Crippen MR) is 105 cm³/mol. The topological polar surface area (TPSA) is 52.5 Å². The van der Waals surface area contributed by atoms with Gasteiger partial charge < -0.3 is 14.9 Å². The number of phenols is 1. The van der Waals surface area contributed by atoms with Crippen LogP contribution in [0.25, 0.3) is 11.3 Å². The number of aryl methyl sites for hydroxylation is 2. The van der Waals surface area contributed by atoms with Crippen molar-refractivity contribution in [3.05, 3.63) is 35.4 Å². The summed E-state index contributed by atoms with van der Waals surface area (Å²) in [7, 11) is 0. The van der Waals surface area contributed by atoms with Gasteiger partial charge >= 0.3 is 0 Å². The summed E-state index contributed by atoms with van der Waals surface area (Å²) >= 11 is 0. The van der Waals surface area contributed by atoms with E-state index in [1.165, 1.54) is 19.4 Å². The molecular weight excluding hydrogens is 324 g/mol. The highest BCUT2D eigenvalue weighted by Crippen LogP contribution is 2.36. The number of piperidine rings is 1. The minimum atomic E-state index is 0.266. The number of likely N-dealkylation sites (tertiary alicyclic amines) is 1. The van der Waals surface area contributed by atoms with Crippen LogP contribution in [-0.2, 0) is 0 Å². The zero-order chi connectivity index (χ0) is 18.3. The fourth-order valence-electron chi connectivity index (χ4n) is 4.50. The maximum Gasteiger partial charge on any atom is 0.151 e. The summed E-state index contributed by atoms with van der Waals surface area (Å²) in [4.78, 5) is 4.99. The van der Waals surface area contributed by atoms with Gasteiger partial charge in [-0.15, -0.1) is 10.2 Å². The average molecular weight is 352 g/mol. The van der Waals surface area contributed by atoms with E-state index in [0.29, 0.717) is 6.04 Å². The van der Waals surface area contributed by atoms with Gasteiger partial charge in [0, 0.05) is 24.7 Å². The van der Waals surface area contributed by atoms with Crippen LogP contribution in [0.1, 0.15) is 30.9 Å². The molecule has 2 aliphatic rings. The van der Waals surface area contributed by atoms with Gasteiger partial charge in [-0.25, -0.2) is 0 Å². The summed E-state index contributed by atoms with van der Waals surface area (Å²) in [5.41, 5.74) is 3.61. The quantitative estimate of drug-likeness (QED) is 0.918. The number of aromatic hydroxyl groups is 1. The van der Waals surface area contributed by atoms with Crippen LogP contribution in [0.2, 0.25) is 0 Å². The lowest BCUT2D eigenvalue weighted by molar-refractivity contribution is 0.182. The van der Waals surface area contributed by atoms with E-state index in [-0.39, 0.29) is 5.75 Å². The molecule has 0 bridgehead atoms. The van der Waals surface area contributed by atoms with Crippen molar-refractivity contribution >= 4 is 5.82 Å². The Kier molecular flexibility index (Phi) is 4.57. The number of benzene rings is 1. The maximum atomic E-state index is 10.3. The fraction of sp³-hybridized carbons (Fsp3) is 0.524. The van der Waals surface area contributed by atoms with Crippen LogP contribution in [0.4, 0.5) is 5.82 Å². The summed E-state index contributed by atoms with van der Waals surface area (Å²) in [6.45, 7) is 10.8. The first-order valence-electron chi connectivity index (χ1n) is 9.70. The molecule has 5 heteroatoms. The summed E-state index contributed by atoms with van der Waals surface area (Å²) in [6.07, 6.45) is 2.54. The summed E-state index contributed by atoms with van der Waals surface area (Å²) in [5.74, 6) is 2.02. The second kappa shape index (κ2) is 6.88. The molecule has 1 aromatic carbocycles. The average Bonchev–Trinajstić information content (AvgIpc) is 3.05. The van der Waals surface area contributed by atoms with Crippen molar-refractivity contribution in [1.82, 2.24) is 15.1 Å². The van der Waals surface area contributed by atoms with Gasteiger partial charge in [0.05, 0.1) is 5.69 Å². The Hall–Kier alpha value is -2.14. The lowest BCUT2D eigenvalue weighted by atomic mass is 9.92. The molecule has 3 heterocycles. The first-order chi connectivity index (χ1) is 12.6. The second-order valence-electron chi connectivity index (χ2n) is 7.75. The number of rotatable bonds is 3. The highest BCUT2D eigenvalue weighted by Gasteiger charge is 2.38. The first-order valence-corrected chi connectivity index (χ1v) is 9.70. The summed E-state index contributed by atoms with van der Waals surface area (Å²) in [5, 5.41) is 19.3. The Balaban J connectivity index is 1.62. The third-order valence-electron chi connectivity index (χ3n) is 6.07. The minimum Gasteiger partial charge on any atom is -0.507 e. The molecule has 2 saturated heterocycles. The van der Waals surface area contributed by atoms with E-state index < -0.39 is 0 Å². The number of anilines is 1. The Bertz CT molecular complexity index is 807. The van der Waals surface area contributed by atoms with Crippen LogP contribution in [0.3, 0.4) is 0 Å². The Labute approximate surface area is 155 Å². The molecule has 1 N–H and O–H groups in total. The SMILES string of the molecule is CCN1CC[C@H]2CCN(c3cc(C)c(-c4ccc(C)cc4O)nn3)[C@H]2C1. The smallest absolute Gasteiger partial charge is 0.151 e. The number of phenolic OH excluding ortho intramolecular Hbond substituents is 1. The van der Waals surface area contributed by atoms with E-state index in [2.05, 4.69) is 39.9 Å². The Morgan fingerprint density at radius 2 is 1.92 bits per heavy atom. The molecule has 0 amide bonds. The molecule has 0 radical (unpaired) electrons. The van der Waals surface area contributed by atoms with Crippen molar-refractivity contribution in [3.63, 3.8) is 0 Å². The highest BCUT2D eigenvalue weighted by molar-refractivity contribution is 5.70. The van der Waals surface area contributed by atoms with Gasteiger partial charge in [-0.1, -0.05) is 13.0 Å². The molecule has 4 rings (SSSR count). The van der Waals surface area contributed by atoms with E-state index in [1.807, 2.05) is 19.1 Å². The number of likely N-dealkylation sites (N-methyl/N-ethyl adjacent to an activating group) is 1. The highest BCUT2D eigenvalue weighted by atomic mass is 16.3. The van der Waals surface area contributed by atoms with Gasteiger partial charge in [0.1, 0.15) is 5.75 Å². The normalized spacial score (nSPS) is 23.3. The molecule has 0 unspecified atom stereocenters. The van der Waals surface area contributed by atoms with Crippen molar-refractivity contribution in [2.24, 2.45) is 5.92 Å². The van der Waals surface area contributed by atoms with Crippen molar-refractivity contribution in [2.45, 2.75) is 39.7 Å². The lowest BCUT2D eigenvalue weighted by Gasteiger charge is -2.38. The van der Waals surface area contributed by atoms with Crippen LogP contribution in [0.5, 0.6) is 5.75 Å². The molecule has 26 heavy (non-hydrogen) atoms. The molecule has 0 aliphatic carbocycles. The minimum absolute atomic E-state index is 0.266. The standard InChI is InChI=1S/C21H28N4O/c1-4-24-9-7-16-8-10-25(18(16)13-24)20-12-15(3)21(23-22-20)17-6-5-14(2)11-19(17)26/h5-6,11-12,16,18,26H,4,7-10,13H2,1-3H3/t16-,18-/m0/s1. The third kappa shape index (κ3) is 3.05. The van der Waals surface area contributed by atoms with Gasteiger partial charge in [0.15, 0.2) is 5.82 Å². The molecule has 0 spiro atoms. The monoisotopic (exact) mass is 352 g/mol. The molecule has 5 nitrogen and oxygen atoms in total. The molecule has 2 aliphatic heterocycles. The van der Waals surface area contributed by atoms with Crippen LogP contribution in [0, 0.1) is 19.8 Å². The number of hydrogen-bond donors (Lipinski definition) is 1. The Morgan fingerprint density at radius 3 is 2.65 bits per heavy atom. The van der Waals surface area contributed by atoms with Crippen LogP contribution >= 0.6 is 0 Å². The van der Waals surface area contributed by atoms with Crippen molar-refractivity contribution in [2.75, 3.05) is 31.1 Å². The largest absolute Gasteiger partial charge is 0.507 e. The summed E-state index contributed by atoms with van der Waals surface area (Å²) in [6, 6.07) is 8.38. The van der Waals surface area contributed by atoms with Gasteiger partial charge in [-0.05, 0) is 75.0 Å². The van der Waals surface area contributed by atoms with Crippen molar-refractivity contribution in [3.8, 4) is 17.0 Å². The van der Waals surface area contributed by atoms with Gasteiger partial charge in [-0.3, -0.25) is 0 Å². The van der Waals surface area contributed by atoms with E-state index in [9.17, 15) is 5.11 Å². The zero-order valence-electron chi connectivity index (χ0n) is 15.9.